The zero-order valence-electron chi connectivity index (χ0n) is 13.8. The van der Waals surface area contributed by atoms with Gasteiger partial charge in [0.15, 0.2) is 11.5 Å². The molecule has 0 saturated carbocycles. The van der Waals surface area contributed by atoms with Gasteiger partial charge in [0.25, 0.3) is 5.91 Å². The third-order valence-corrected chi connectivity index (χ3v) is 2.95. The maximum atomic E-state index is 12.4. The van der Waals surface area contributed by atoms with Gasteiger partial charge in [-0.25, -0.2) is 0 Å². The molecular weight excluding hydrogens is 316 g/mol. The number of hydrogen-bond donors (Lipinski definition) is 2. The quantitative estimate of drug-likeness (QED) is 0.563. The zero-order chi connectivity index (χ0) is 18.3. The second-order valence-corrected chi connectivity index (χ2v) is 5.04. The standard InChI is InChI=1S/C16H20N2O6/c1-4-6-12(15(17)21)18-16(22)11-7-5-8-13(23-9(2)19)14(11)24-10(3)20/h5,7-8,12H,4,6H2,1-3H3,(H2,17,21)(H,18,22)/t12-/m1/s1. The number of esters is 2. The highest BCUT2D eigenvalue weighted by molar-refractivity contribution is 6.01. The molecule has 130 valence electrons. The van der Waals surface area contributed by atoms with Gasteiger partial charge in [-0.3, -0.25) is 19.2 Å². The fourth-order valence-electron chi connectivity index (χ4n) is 1.99. The average molecular weight is 336 g/mol. The minimum Gasteiger partial charge on any atom is -0.423 e. The third kappa shape index (κ3) is 5.38. The molecule has 0 saturated heterocycles. The molecular formula is C16H20N2O6. The van der Waals surface area contributed by atoms with E-state index in [-0.39, 0.29) is 17.1 Å². The molecule has 1 aromatic rings. The van der Waals surface area contributed by atoms with Crippen molar-refractivity contribution in [2.24, 2.45) is 5.73 Å². The molecule has 0 heterocycles. The summed E-state index contributed by atoms with van der Waals surface area (Å²) in [5.41, 5.74) is 5.21. The fraction of sp³-hybridized carbons (Fsp3) is 0.375. The number of para-hydroxylation sites is 1. The summed E-state index contributed by atoms with van der Waals surface area (Å²) in [4.78, 5) is 46.3. The summed E-state index contributed by atoms with van der Waals surface area (Å²) in [6.07, 6.45) is 1.01. The number of ether oxygens (including phenoxy) is 2. The molecule has 0 aliphatic rings. The Kier molecular flexibility index (Phi) is 6.91. The minimum absolute atomic E-state index is 0.0497. The lowest BCUT2D eigenvalue weighted by Crippen LogP contribution is -2.44. The number of benzene rings is 1. The Labute approximate surface area is 139 Å². The molecule has 0 spiro atoms. The Morgan fingerprint density at radius 2 is 1.75 bits per heavy atom. The second kappa shape index (κ2) is 8.66. The summed E-state index contributed by atoms with van der Waals surface area (Å²) in [5, 5.41) is 2.48. The van der Waals surface area contributed by atoms with Gasteiger partial charge in [0.1, 0.15) is 6.04 Å². The molecule has 0 aliphatic carbocycles. The molecule has 24 heavy (non-hydrogen) atoms. The van der Waals surface area contributed by atoms with E-state index in [0.29, 0.717) is 12.8 Å². The summed E-state index contributed by atoms with van der Waals surface area (Å²) in [6.45, 7) is 4.16. The fourth-order valence-corrected chi connectivity index (χ4v) is 1.99. The molecule has 0 radical (unpaired) electrons. The summed E-state index contributed by atoms with van der Waals surface area (Å²) in [5.74, 6) is -2.94. The van der Waals surface area contributed by atoms with Crippen LogP contribution in [0.4, 0.5) is 0 Å². The topological polar surface area (TPSA) is 125 Å². The predicted molar refractivity (Wildman–Crippen MR) is 84.4 cm³/mol. The summed E-state index contributed by atoms with van der Waals surface area (Å²) >= 11 is 0. The molecule has 0 bridgehead atoms. The lowest BCUT2D eigenvalue weighted by molar-refractivity contribution is -0.134. The molecule has 8 nitrogen and oxygen atoms in total. The van der Waals surface area contributed by atoms with E-state index in [1.807, 2.05) is 6.92 Å². The Bertz CT molecular complexity index is 656. The molecule has 1 rings (SSSR count). The van der Waals surface area contributed by atoms with Gasteiger partial charge in [0, 0.05) is 13.8 Å². The van der Waals surface area contributed by atoms with Crippen LogP contribution in [-0.4, -0.2) is 29.8 Å². The van der Waals surface area contributed by atoms with E-state index in [0.717, 1.165) is 6.92 Å². The summed E-state index contributed by atoms with van der Waals surface area (Å²) in [7, 11) is 0. The van der Waals surface area contributed by atoms with E-state index in [2.05, 4.69) is 5.32 Å². The Balaban J connectivity index is 3.20. The van der Waals surface area contributed by atoms with Gasteiger partial charge < -0.3 is 20.5 Å². The number of rotatable bonds is 7. The number of nitrogens with one attached hydrogen (secondary N) is 1. The predicted octanol–water partition coefficient (Wildman–Crippen LogP) is 0.921. The van der Waals surface area contributed by atoms with Gasteiger partial charge in [0.05, 0.1) is 5.56 Å². The molecule has 0 aliphatic heterocycles. The third-order valence-electron chi connectivity index (χ3n) is 2.95. The van der Waals surface area contributed by atoms with Crippen LogP contribution in [0, 0.1) is 0 Å². The molecule has 1 aromatic carbocycles. The second-order valence-electron chi connectivity index (χ2n) is 5.04. The first kappa shape index (κ1) is 19.1. The molecule has 0 aromatic heterocycles. The number of amides is 2. The van der Waals surface area contributed by atoms with Crippen molar-refractivity contribution in [1.82, 2.24) is 5.32 Å². The van der Waals surface area contributed by atoms with Gasteiger partial charge in [-0.05, 0) is 18.6 Å². The van der Waals surface area contributed by atoms with Crippen molar-refractivity contribution in [2.75, 3.05) is 0 Å². The first-order valence-corrected chi connectivity index (χ1v) is 7.36. The van der Waals surface area contributed by atoms with Gasteiger partial charge in [0.2, 0.25) is 5.91 Å². The molecule has 1 atom stereocenters. The van der Waals surface area contributed by atoms with Crippen molar-refractivity contribution in [3.05, 3.63) is 23.8 Å². The van der Waals surface area contributed by atoms with Crippen LogP contribution in [0.2, 0.25) is 0 Å². The first-order valence-electron chi connectivity index (χ1n) is 7.36. The van der Waals surface area contributed by atoms with Gasteiger partial charge >= 0.3 is 11.9 Å². The van der Waals surface area contributed by atoms with Gasteiger partial charge in [-0.2, -0.15) is 0 Å². The minimum atomic E-state index is -0.856. The van der Waals surface area contributed by atoms with Crippen LogP contribution in [0.15, 0.2) is 18.2 Å². The van der Waals surface area contributed by atoms with E-state index < -0.39 is 29.8 Å². The number of carbonyl (C=O) groups excluding carboxylic acids is 4. The highest BCUT2D eigenvalue weighted by atomic mass is 16.6. The van der Waals surface area contributed by atoms with Crippen LogP contribution in [0.25, 0.3) is 0 Å². The van der Waals surface area contributed by atoms with Gasteiger partial charge in [-0.1, -0.05) is 19.4 Å². The maximum absolute atomic E-state index is 12.4. The van der Waals surface area contributed by atoms with Crippen molar-refractivity contribution in [3.63, 3.8) is 0 Å². The van der Waals surface area contributed by atoms with E-state index in [1.165, 1.54) is 25.1 Å². The van der Waals surface area contributed by atoms with E-state index in [1.54, 1.807) is 0 Å². The number of primary amides is 1. The molecule has 3 N–H and O–H groups in total. The van der Waals surface area contributed by atoms with Crippen LogP contribution >= 0.6 is 0 Å². The highest BCUT2D eigenvalue weighted by Crippen LogP contribution is 2.32. The normalized spacial score (nSPS) is 11.3. The van der Waals surface area contributed by atoms with Gasteiger partial charge in [-0.15, -0.1) is 0 Å². The number of carbonyl (C=O) groups is 4. The largest absolute Gasteiger partial charge is 0.423 e. The van der Waals surface area contributed by atoms with Crippen LogP contribution in [0.1, 0.15) is 44.0 Å². The van der Waals surface area contributed by atoms with Crippen molar-refractivity contribution in [1.29, 1.82) is 0 Å². The van der Waals surface area contributed by atoms with E-state index in [9.17, 15) is 19.2 Å². The Morgan fingerprint density at radius 3 is 2.25 bits per heavy atom. The first-order chi connectivity index (χ1) is 11.3. The molecule has 0 fully saturated rings. The number of hydrogen-bond acceptors (Lipinski definition) is 6. The van der Waals surface area contributed by atoms with Crippen LogP contribution in [0.3, 0.4) is 0 Å². The van der Waals surface area contributed by atoms with E-state index >= 15 is 0 Å². The van der Waals surface area contributed by atoms with Crippen molar-refractivity contribution in [3.8, 4) is 11.5 Å². The van der Waals surface area contributed by atoms with Crippen LogP contribution < -0.4 is 20.5 Å². The van der Waals surface area contributed by atoms with Crippen LogP contribution in [-0.2, 0) is 14.4 Å². The molecule has 2 amide bonds. The molecule has 0 unspecified atom stereocenters. The summed E-state index contributed by atoms with van der Waals surface area (Å²) in [6, 6.07) is 3.36. The Hall–Kier alpha value is -2.90. The average Bonchev–Trinajstić information content (AvgIpc) is 2.47. The smallest absolute Gasteiger partial charge is 0.308 e. The maximum Gasteiger partial charge on any atom is 0.308 e. The molecule has 8 heteroatoms. The zero-order valence-corrected chi connectivity index (χ0v) is 13.8. The van der Waals surface area contributed by atoms with Crippen LogP contribution in [0.5, 0.6) is 11.5 Å². The van der Waals surface area contributed by atoms with Crippen molar-refractivity contribution < 1.29 is 28.7 Å². The number of nitrogens with two attached hydrogens (primary N) is 1. The summed E-state index contributed by atoms with van der Waals surface area (Å²) < 4.78 is 9.96. The van der Waals surface area contributed by atoms with Crippen molar-refractivity contribution >= 4 is 23.8 Å². The monoisotopic (exact) mass is 336 g/mol. The Morgan fingerprint density at radius 1 is 1.12 bits per heavy atom. The van der Waals surface area contributed by atoms with E-state index in [4.69, 9.17) is 15.2 Å². The highest BCUT2D eigenvalue weighted by Gasteiger charge is 2.23. The lowest BCUT2D eigenvalue weighted by Gasteiger charge is -2.17. The van der Waals surface area contributed by atoms with Crippen molar-refractivity contribution in [2.45, 2.75) is 39.7 Å². The SMILES string of the molecule is CCC[C@@H](NC(=O)c1cccc(OC(C)=O)c1OC(C)=O)C(N)=O. The lowest BCUT2D eigenvalue weighted by atomic mass is 10.1.